The summed E-state index contributed by atoms with van der Waals surface area (Å²) in [6.07, 6.45) is 4.38. The molecule has 15 heavy (non-hydrogen) atoms. The van der Waals surface area contributed by atoms with Crippen LogP contribution in [0, 0.1) is 5.82 Å². The van der Waals surface area contributed by atoms with Gasteiger partial charge in [0.2, 0.25) is 0 Å². The van der Waals surface area contributed by atoms with Gasteiger partial charge in [-0.25, -0.2) is 14.4 Å². The normalized spacial score (nSPS) is 11.0. The van der Waals surface area contributed by atoms with E-state index in [1.54, 1.807) is 12.3 Å². The molecule has 0 aliphatic heterocycles. The van der Waals surface area contributed by atoms with Crippen LogP contribution in [0.5, 0.6) is 0 Å². The number of fused-ring (bicyclic) bond motifs is 3. The average Bonchev–Trinajstić information content (AvgIpc) is 2.28. The topological polar surface area (TPSA) is 38.7 Å². The van der Waals surface area contributed by atoms with Crippen molar-refractivity contribution in [2.24, 2.45) is 0 Å². The number of aromatic nitrogens is 3. The van der Waals surface area contributed by atoms with Gasteiger partial charge in [-0.05, 0) is 12.1 Å². The van der Waals surface area contributed by atoms with Crippen molar-refractivity contribution in [2.45, 2.75) is 0 Å². The van der Waals surface area contributed by atoms with Crippen LogP contribution in [-0.4, -0.2) is 15.0 Å². The van der Waals surface area contributed by atoms with E-state index in [0.29, 0.717) is 0 Å². The van der Waals surface area contributed by atoms with Crippen LogP contribution in [0.2, 0.25) is 0 Å². The minimum atomic E-state index is -0.335. The van der Waals surface area contributed by atoms with Gasteiger partial charge in [-0.1, -0.05) is 6.07 Å². The minimum absolute atomic E-state index is 0.335. The van der Waals surface area contributed by atoms with Gasteiger partial charge in [-0.3, -0.25) is 4.98 Å². The summed E-state index contributed by atoms with van der Waals surface area (Å²) in [5.41, 5.74) is 1.55. The van der Waals surface area contributed by atoms with Gasteiger partial charge in [0.25, 0.3) is 0 Å². The van der Waals surface area contributed by atoms with Crippen LogP contribution in [0.25, 0.3) is 21.8 Å². The smallest absolute Gasteiger partial charge is 0.142 e. The van der Waals surface area contributed by atoms with Gasteiger partial charge in [0.1, 0.15) is 12.1 Å². The van der Waals surface area contributed by atoms with Gasteiger partial charge >= 0.3 is 0 Å². The Labute approximate surface area is 84.6 Å². The van der Waals surface area contributed by atoms with E-state index in [1.807, 2.05) is 6.07 Å². The maximum Gasteiger partial charge on any atom is 0.142 e. The molecule has 0 radical (unpaired) electrons. The highest BCUT2D eigenvalue weighted by atomic mass is 19.1. The van der Waals surface area contributed by atoms with Crippen LogP contribution in [0.15, 0.2) is 36.9 Å². The predicted molar refractivity (Wildman–Crippen MR) is 54.8 cm³/mol. The van der Waals surface area contributed by atoms with Crippen LogP contribution in [0.4, 0.5) is 4.39 Å². The third-order valence-corrected chi connectivity index (χ3v) is 2.30. The first kappa shape index (κ1) is 8.23. The molecule has 0 aliphatic rings. The predicted octanol–water partition coefficient (Wildman–Crippen LogP) is 2.32. The molecule has 1 aromatic carbocycles. The summed E-state index contributed by atoms with van der Waals surface area (Å²) in [5.74, 6) is -0.335. The van der Waals surface area contributed by atoms with E-state index >= 15 is 0 Å². The Bertz CT molecular complexity index is 651. The summed E-state index contributed by atoms with van der Waals surface area (Å²) < 4.78 is 12.9. The Kier molecular flexibility index (Phi) is 1.62. The molecule has 0 unspecified atom stereocenters. The molecule has 0 atom stereocenters. The zero-order valence-electron chi connectivity index (χ0n) is 7.68. The van der Waals surface area contributed by atoms with Crippen molar-refractivity contribution >= 4 is 21.8 Å². The summed E-state index contributed by atoms with van der Waals surface area (Å²) in [4.78, 5) is 12.1. The van der Waals surface area contributed by atoms with Gasteiger partial charge in [0.15, 0.2) is 0 Å². The molecule has 0 fully saturated rings. The molecule has 0 spiro atoms. The molecule has 2 heterocycles. The van der Waals surface area contributed by atoms with Crippen molar-refractivity contribution in [3.05, 3.63) is 42.7 Å². The molecule has 3 nitrogen and oxygen atoms in total. The van der Waals surface area contributed by atoms with Crippen molar-refractivity contribution in [3.63, 3.8) is 0 Å². The fourth-order valence-electron chi connectivity index (χ4n) is 1.63. The zero-order valence-corrected chi connectivity index (χ0v) is 7.68. The SMILES string of the molecule is Fc1cnc2c(ccc3ncncc32)c1. The van der Waals surface area contributed by atoms with Crippen LogP contribution in [0.3, 0.4) is 0 Å². The quantitative estimate of drug-likeness (QED) is 0.521. The molecule has 3 aromatic rings. The monoisotopic (exact) mass is 199 g/mol. The summed E-state index contributed by atoms with van der Waals surface area (Å²) in [7, 11) is 0. The third-order valence-electron chi connectivity index (χ3n) is 2.30. The highest BCUT2D eigenvalue weighted by Crippen LogP contribution is 2.21. The van der Waals surface area contributed by atoms with Crippen molar-refractivity contribution in [3.8, 4) is 0 Å². The van der Waals surface area contributed by atoms with Crippen LogP contribution < -0.4 is 0 Å². The molecule has 3 rings (SSSR count). The molecule has 72 valence electrons. The second-order valence-electron chi connectivity index (χ2n) is 3.25. The zero-order chi connectivity index (χ0) is 10.3. The van der Waals surface area contributed by atoms with Crippen molar-refractivity contribution in [1.82, 2.24) is 15.0 Å². The summed E-state index contributed by atoms with van der Waals surface area (Å²) in [5, 5.41) is 1.60. The summed E-state index contributed by atoms with van der Waals surface area (Å²) in [6.45, 7) is 0. The molecular weight excluding hydrogens is 193 g/mol. The van der Waals surface area contributed by atoms with Crippen LogP contribution >= 0.6 is 0 Å². The maximum absolute atomic E-state index is 12.9. The minimum Gasteiger partial charge on any atom is -0.252 e. The Morgan fingerprint density at radius 1 is 1.07 bits per heavy atom. The number of pyridine rings is 1. The van der Waals surface area contributed by atoms with Crippen LogP contribution in [-0.2, 0) is 0 Å². The first-order valence-electron chi connectivity index (χ1n) is 4.48. The number of halogens is 1. The highest BCUT2D eigenvalue weighted by molar-refractivity contribution is 6.02. The second-order valence-corrected chi connectivity index (χ2v) is 3.25. The molecule has 4 heteroatoms. The van der Waals surface area contributed by atoms with Gasteiger partial charge in [0, 0.05) is 17.0 Å². The van der Waals surface area contributed by atoms with E-state index in [-0.39, 0.29) is 5.82 Å². The van der Waals surface area contributed by atoms with E-state index in [1.165, 1.54) is 18.6 Å². The Balaban J connectivity index is 2.55. The number of benzene rings is 1. The lowest BCUT2D eigenvalue weighted by atomic mass is 10.1. The fraction of sp³-hybridized carbons (Fsp3) is 0. The average molecular weight is 199 g/mol. The lowest BCUT2D eigenvalue weighted by Gasteiger charge is -2.00. The van der Waals surface area contributed by atoms with Crippen molar-refractivity contribution in [2.75, 3.05) is 0 Å². The number of nitrogens with zero attached hydrogens (tertiary/aromatic N) is 3. The lowest BCUT2D eigenvalue weighted by Crippen LogP contribution is -1.86. The van der Waals surface area contributed by atoms with E-state index in [4.69, 9.17) is 0 Å². The van der Waals surface area contributed by atoms with E-state index < -0.39 is 0 Å². The molecule has 0 saturated heterocycles. The Morgan fingerprint density at radius 2 is 2.00 bits per heavy atom. The Morgan fingerprint density at radius 3 is 2.93 bits per heavy atom. The van der Waals surface area contributed by atoms with E-state index in [2.05, 4.69) is 15.0 Å². The van der Waals surface area contributed by atoms with E-state index in [0.717, 1.165) is 21.8 Å². The summed E-state index contributed by atoms with van der Waals surface area (Å²) >= 11 is 0. The largest absolute Gasteiger partial charge is 0.252 e. The Hall–Kier alpha value is -2.10. The third kappa shape index (κ3) is 1.22. The fourth-order valence-corrected chi connectivity index (χ4v) is 1.63. The summed E-state index contributed by atoms with van der Waals surface area (Å²) in [6, 6.07) is 5.09. The molecule has 2 aromatic heterocycles. The van der Waals surface area contributed by atoms with Crippen molar-refractivity contribution in [1.29, 1.82) is 0 Å². The second kappa shape index (κ2) is 2.95. The molecule has 0 saturated carbocycles. The molecular formula is C11H6FN3. The first-order valence-corrected chi connectivity index (χ1v) is 4.48. The van der Waals surface area contributed by atoms with Gasteiger partial charge in [-0.2, -0.15) is 0 Å². The molecule has 0 amide bonds. The number of hydrogen-bond acceptors (Lipinski definition) is 3. The molecule has 0 bridgehead atoms. The highest BCUT2D eigenvalue weighted by Gasteiger charge is 2.03. The standard InChI is InChI=1S/C11H6FN3/c12-8-3-7-1-2-10-9(5-13-6-15-10)11(7)14-4-8/h1-6H. The number of hydrogen-bond donors (Lipinski definition) is 0. The van der Waals surface area contributed by atoms with Gasteiger partial charge < -0.3 is 0 Å². The maximum atomic E-state index is 12.9. The molecule has 0 N–H and O–H groups in total. The van der Waals surface area contributed by atoms with Gasteiger partial charge in [-0.15, -0.1) is 0 Å². The lowest BCUT2D eigenvalue weighted by molar-refractivity contribution is 0.624. The van der Waals surface area contributed by atoms with Crippen molar-refractivity contribution < 1.29 is 4.39 Å². The number of rotatable bonds is 0. The molecule has 0 aliphatic carbocycles. The first-order chi connectivity index (χ1) is 7.34. The van der Waals surface area contributed by atoms with Gasteiger partial charge in [0.05, 0.1) is 17.2 Å². The van der Waals surface area contributed by atoms with Crippen LogP contribution in [0.1, 0.15) is 0 Å². The van der Waals surface area contributed by atoms with E-state index in [9.17, 15) is 4.39 Å².